The van der Waals surface area contributed by atoms with E-state index < -0.39 is 0 Å². The molecule has 1 atom stereocenters. The Morgan fingerprint density at radius 2 is 2.18 bits per heavy atom. The maximum Gasteiger partial charge on any atom is 0.239 e. The van der Waals surface area contributed by atoms with Crippen molar-refractivity contribution in [3.8, 4) is 22.9 Å². The fraction of sp³-hybridized carbons (Fsp3) is 0.333. The number of rotatable bonds is 6. The number of ether oxygens (including phenoxy) is 2. The van der Waals surface area contributed by atoms with E-state index in [2.05, 4.69) is 20.5 Å². The first-order valence-electron chi connectivity index (χ1n) is 8.78. The minimum absolute atomic E-state index is 0.116. The first-order chi connectivity index (χ1) is 13.5. The molecule has 0 bridgehead atoms. The molecule has 4 rings (SSSR count). The molecule has 10 heteroatoms. The number of carbonyl (C=O) groups is 1. The lowest BCUT2D eigenvalue weighted by atomic mass is 10.2. The smallest absolute Gasteiger partial charge is 0.239 e. The zero-order valence-corrected chi connectivity index (χ0v) is 17.3. The van der Waals surface area contributed by atoms with Gasteiger partial charge in [0.05, 0.1) is 10.9 Å². The molecule has 3 heterocycles. The van der Waals surface area contributed by atoms with Gasteiger partial charge in [-0.25, -0.2) is 4.98 Å². The van der Waals surface area contributed by atoms with E-state index >= 15 is 0 Å². The van der Waals surface area contributed by atoms with E-state index in [0.717, 1.165) is 22.8 Å². The Bertz CT molecular complexity index is 1020. The Hall–Kier alpha value is -2.59. The summed E-state index contributed by atoms with van der Waals surface area (Å²) in [6, 6.07) is 5.69. The Morgan fingerprint density at radius 1 is 1.36 bits per heavy atom. The lowest BCUT2D eigenvalue weighted by Gasteiger charge is -2.12. The van der Waals surface area contributed by atoms with Crippen LogP contribution in [-0.4, -0.2) is 37.7 Å². The van der Waals surface area contributed by atoms with Crippen LogP contribution in [0.2, 0.25) is 0 Å². The number of fused-ring (bicyclic) bond motifs is 1. The Labute approximate surface area is 170 Å². The Morgan fingerprint density at radius 3 is 2.93 bits per heavy atom. The van der Waals surface area contributed by atoms with Gasteiger partial charge < -0.3 is 19.4 Å². The van der Waals surface area contributed by atoms with Gasteiger partial charge in [-0.1, -0.05) is 11.8 Å². The standard InChI is InChI=1S/C18H19N5O3S2/c1-4-23-15(12-5-6-13-14(7-12)26-9-25-13)21-22-18(23)28-11(3)16(24)20-17-19-10(2)8-27-17/h5-8,11H,4,9H2,1-3H3,(H,19,20,24). The zero-order valence-electron chi connectivity index (χ0n) is 15.6. The number of carbonyl (C=O) groups excluding carboxylic acids is 1. The van der Waals surface area contributed by atoms with Crippen molar-refractivity contribution >= 4 is 34.1 Å². The highest BCUT2D eigenvalue weighted by molar-refractivity contribution is 8.00. The van der Waals surface area contributed by atoms with Gasteiger partial charge in [0.15, 0.2) is 27.6 Å². The lowest BCUT2D eigenvalue weighted by molar-refractivity contribution is -0.115. The Kier molecular flexibility index (Phi) is 5.23. The molecule has 1 unspecified atom stereocenters. The van der Waals surface area contributed by atoms with E-state index in [1.165, 1.54) is 23.1 Å². The van der Waals surface area contributed by atoms with Crippen LogP contribution in [0.15, 0.2) is 28.7 Å². The maximum atomic E-state index is 12.5. The molecule has 0 saturated carbocycles. The summed E-state index contributed by atoms with van der Waals surface area (Å²) >= 11 is 2.78. The van der Waals surface area contributed by atoms with Crippen LogP contribution in [0.1, 0.15) is 19.5 Å². The van der Waals surface area contributed by atoms with Crippen molar-refractivity contribution in [2.75, 3.05) is 12.1 Å². The molecule has 1 aliphatic rings. The summed E-state index contributed by atoms with van der Waals surface area (Å²) < 4.78 is 12.8. The number of amides is 1. The van der Waals surface area contributed by atoms with Crippen molar-refractivity contribution in [1.82, 2.24) is 19.7 Å². The summed E-state index contributed by atoms with van der Waals surface area (Å²) in [6.07, 6.45) is 0. The molecule has 1 amide bonds. The van der Waals surface area contributed by atoms with Crippen LogP contribution in [0, 0.1) is 6.92 Å². The summed E-state index contributed by atoms with van der Waals surface area (Å²) in [5, 5.41) is 14.3. The second kappa shape index (κ2) is 7.80. The number of nitrogens with zero attached hydrogens (tertiary/aromatic N) is 4. The van der Waals surface area contributed by atoms with E-state index in [1.54, 1.807) is 0 Å². The predicted octanol–water partition coefficient (Wildman–Crippen LogP) is 3.58. The monoisotopic (exact) mass is 417 g/mol. The van der Waals surface area contributed by atoms with Gasteiger partial charge in [-0.15, -0.1) is 21.5 Å². The van der Waals surface area contributed by atoms with Gasteiger partial charge in [-0.05, 0) is 39.0 Å². The molecular weight excluding hydrogens is 398 g/mol. The maximum absolute atomic E-state index is 12.5. The molecule has 2 aromatic heterocycles. The summed E-state index contributed by atoms with van der Waals surface area (Å²) in [5.41, 5.74) is 1.78. The minimum Gasteiger partial charge on any atom is -0.454 e. The third kappa shape index (κ3) is 3.69. The lowest BCUT2D eigenvalue weighted by Crippen LogP contribution is -2.22. The number of nitrogens with one attached hydrogen (secondary N) is 1. The quantitative estimate of drug-likeness (QED) is 0.613. The summed E-state index contributed by atoms with van der Waals surface area (Å²) in [5.74, 6) is 2.04. The number of aromatic nitrogens is 4. The van der Waals surface area contributed by atoms with Crippen LogP contribution in [0.4, 0.5) is 5.13 Å². The summed E-state index contributed by atoms with van der Waals surface area (Å²) in [6.45, 7) is 6.67. The van der Waals surface area contributed by atoms with Crippen molar-refractivity contribution in [3.05, 3.63) is 29.3 Å². The average Bonchev–Trinajstić information content (AvgIpc) is 3.40. The second-order valence-corrected chi connectivity index (χ2v) is 8.33. The zero-order chi connectivity index (χ0) is 19.7. The van der Waals surface area contributed by atoms with E-state index in [-0.39, 0.29) is 18.0 Å². The van der Waals surface area contributed by atoms with Crippen LogP contribution in [0.25, 0.3) is 11.4 Å². The molecule has 1 aromatic carbocycles. The van der Waals surface area contributed by atoms with Gasteiger partial charge in [-0.2, -0.15) is 0 Å². The van der Waals surface area contributed by atoms with Crippen molar-refractivity contribution in [1.29, 1.82) is 0 Å². The van der Waals surface area contributed by atoms with Crippen LogP contribution in [-0.2, 0) is 11.3 Å². The Balaban J connectivity index is 1.51. The van der Waals surface area contributed by atoms with E-state index in [4.69, 9.17) is 9.47 Å². The second-order valence-electron chi connectivity index (χ2n) is 6.16. The molecule has 8 nitrogen and oxygen atoms in total. The number of anilines is 1. The highest BCUT2D eigenvalue weighted by Crippen LogP contribution is 2.36. The van der Waals surface area contributed by atoms with Crippen LogP contribution in [0.5, 0.6) is 11.5 Å². The van der Waals surface area contributed by atoms with Gasteiger partial charge in [0.1, 0.15) is 0 Å². The molecule has 1 N–H and O–H groups in total. The molecule has 0 fully saturated rings. The number of thiazole rings is 1. The number of benzene rings is 1. The van der Waals surface area contributed by atoms with Crippen LogP contribution < -0.4 is 14.8 Å². The van der Waals surface area contributed by atoms with E-state index in [1.807, 2.05) is 48.9 Å². The fourth-order valence-corrected chi connectivity index (χ4v) is 4.34. The third-order valence-corrected chi connectivity index (χ3v) is 6.12. The van der Waals surface area contributed by atoms with Gasteiger partial charge in [-0.3, -0.25) is 4.79 Å². The SMILES string of the molecule is CCn1c(SC(C)C(=O)Nc2nc(C)cs2)nnc1-c1ccc2c(c1)OCO2. The highest BCUT2D eigenvalue weighted by atomic mass is 32.2. The number of thioether (sulfide) groups is 1. The van der Waals surface area contributed by atoms with Crippen molar-refractivity contribution in [2.45, 2.75) is 37.7 Å². The third-order valence-electron chi connectivity index (χ3n) is 4.16. The van der Waals surface area contributed by atoms with Gasteiger partial charge in [0, 0.05) is 17.5 Å². The molecule has 0 saturated heterocycles. The summed E-state index contributed by atoms with van der Waals surface area (Å²) in [4.78, 5) is 16.7. The molecule has 0 aliphatic carbocycles. The van der Waals surface area contributed by atoms with Gasteiger partial charge >= 0.3 is 0 Å². The molecule has 3 aromatic rings. The first kappa shape index (κ1) is 18.8. The van der Waals surface area contributed by atoms with Crippen LogP contribution in [0.3, 0.4) is 0 Å². The molecule has 28 heavy (non-hydrogen) atoms. The highest BCUT2D eigenvalue weighted by Gasteiger charge is 2.22. The van der Waals surface area contributed by atoms with Gasteiger partial charge in [0.2, 0.25) is 12.7 Å². The molecule has 0 spiro atoms. The topological polar surface area (TPSA) is 91.2 Å². The molecule has 1 aliphatic heterocycles. The molecule has 0 radical (unpaired) electrons. The number of aryl methyl sites for hydroxylation is 1. The minimum atomic E-state index is -0.344. The largest absolute Gasteiger partial charge is 0.454 e. The van der Waals surface area contributed by atoms with E-state index in [0.29, 0.717) is 22.6 Å². The van der Waals surface area contributed by atoms with E-state index in [9.17, 15) is 4.79 Å². The first-order valence-corrected chi connectivity index (χ1v) is 10.5. The normalized spacial score (nSPS) is 13.5. The molecule has 146 valence electrons. The average molecular weight is 418 g/mol. The van der Waals surface area contributed by atoms with Crippen molar-refractivity contribution in [3.63, 3.8) is 0 Å². The van der Waals surface area contributed by atoms with Gasteiger partial charge in [0.25, 0.3) is 0 Å². The number of hydrogen-bond acceptors (Lipinski definition) is 8. The fourth-order valence-electron chi connectivity index (χ4n) is 2.74. The summed E-state index contributed by atoms with van der Waals surface area (Å²) in [7, 11) is 0. The number of hydrogen-bond donors (Lipinski definition) is 1. The van der Waals surface area contributed by atoms with Crippen molar-refractivity contribution in [2.24, 2.45) is 0 Å². The molecular formula is C18H19N5O3S2. The predicted molar refractivity (Wildman–Crippen MR) is 108 cm³/mol. The van der Waals surface area contributed by atoms with Crippen molar-refractivity contribution < 1.29 is 14.3 Å². The van der Waals surface area contributed by atoms with Crippen LogP contribution >= 0.6 is 23.1 Å².